The van der Waals surface area contributed by atoms with E-state index in [0.29, 0.717) is 0 Å². The average molecular weight is 406 g/mol. The van der Waals surface area contributed by atoms with Gasteiger partial charge in [0, 0.05) is 35.6 Å². The number of pyridine rings is 1. The number of aromatic nitrogens is 1. The fraction of sp³-hybridized carbons (Fsp3) is 0.250. The lowest BCUT2D eigenvalue weighted by atomic mass is 10.1. The van der Waals surface area contributed by atoms with E-state index in [9.17, 15) is 4.79 Å². The van der Waals surface area contributed by atoms with Crippen LogP contribution in [0.15, 0.2) is 77.8 Å². The summed E-state index contributed by atoms with van der Waals surface area (Å²) >= 11 is 4.21. The van der Waals surface area contributed by atoms with E-state index in [1.165, 1.54) is 11.1 Å². The van der Waals surface area contributed by atoms with E-state index in [1.54, 1.807) is 6.20 Å². The number of carbonyl (C=O) groups excluding carboxylic acids is 1. The Morgan fingerprint density at radius 3 is 2.28 bits per heavy atom. The standard InChI is InChI=1S/C24H27N3OS/c1-2-14-27(17-19-6-4-3-5-7-19)18-20-8-10-21(11-9-20)26-24(28)15-22-12-13-23(29)16-25-22/h3-13,16,29H,2,14-15,17-18H2,1H3,(H,26,28). The van der Waals surface area contributed by atoms with Crippen LogP contribution in [0.4, 0.5) is 5.69 Å². The van der Waals surface area contributed by atoms with Crippen molar-refractivity contribution in [2.45, 2.75) is 37.8 Å². The number of nitrogens with one attached hydrogen (secondary N) is 1. The summed E-state index contributed by atoms with van der Waals surface area (Å²) in [6, 6.07) is 22.3. The third kappa shape index (κ3) is 7.04. The summed E-state index contributed by atoms with van der Waals surface area (Å²) in [5, 5.41) is 2.94. The molecule has 0 saturated carbocycles. The van der Waals surface area contributed by atoms with E-state index >= 15 is 0 Å². The summed E-state index contributed by atoms with van der Waals surface area (Å²) in [5.41, 5.74) is 4.09. The van der Waals surface area contributed by atoms with Gasteiger partial charge >= 0.3 is 0 Å². The van der Waals surface area contributed by atoms with E-state index in [1.807, 2.05) is 30.3 Å². The molecule has 0 aliphatic heterocycles. The Labute approximate surface area is 178 Å². The first kappa shape index (κ1) is 21.1. The molecule has 29 heavy (non-hydrogen) atoms. The molecule has 0 bridgehead atoms. The lowest BCUT2D eigenvalue weighted by Crippen LogP contribution is -2.23. The summed E-state index contributed by atoms with van der Waals surface area (Å²) in [6.45, 7) is 5.07. The monoisotopic (exact) mass is 405 g/mol. The fourth-order valence-electron chi connectivity index (χ4n) is 3.21. The van der Waals surface area contributed by atoms with Crippen molar-refractivity contribution < 1.29 is 4.79 Å². The third-order valence-electron chi connectivity index (χ3n) is 4.58. The summed E-state index contributed by atoms with van der Waals surface area (Å²) in [4.78, 5) is 19.7. The second-order valence-electron chi connectivity index (χ2n) is 7.13. The van der Waals surface area contributed by atoms with Crippen LogP contribution in [0.3, 0.4) is 0 Å². The van der Waals surface area contributed by atoms with Gasteiger partial charge in [-0.05, 0) is 48.4 Å². The first-order valence-electron chi connectivity index (χ1n) is 9.91. The molecule has 0 saturated heterocycles. The zero-order valence-electron chi connectivity index (χ0n) is 16.7. The molecule has 0 aliphatic rings. The molecule has 1 aromatic heterocycles. The summed E-state index contributed by atoms with van der Waals surface area (Å²) in [7, 11) is 0. The summed E-state index contributed by atoms with van der Waals surface area (Å²) in [6.07, 6.45) is 3.01. The van der Waals surface area contributed by atoms with Gasteiger partial charge in [0.25, 0.3) is 0 Å². The second kappa shape index (κ2) is 10.8. The van der Waals surface area contributed by atoms with Crippen molar-refractivity contribution in [3.63, 3.8) is 0 Å². The third-order valence-corrected chi connectivity index (χ3v) is 4.85. The van der Waals surface area contributed by atoms with Crippen molar-refractivity contribution in [3.05, 3.63) is 89.7 Å². The molecule has 1 N–H and O–H groups in total. The highest BCUT2D eigenvalue weighted by molar-refractivity contribution is 7.80. The van der Waals surface area contributed by atoms with Crippen LogP contribution in [0.5, 0.6) is 0 Å². The van der Waals surface area contributed by atoms with E-state index in [4.69, 9.17) is 0 Å². The molecule has 0 radical (unpaired) electrons. The lowest BCUT2D eigenvalue weighted by molar-refractivity contribution is -0.115. The van der Waals surface area contributed by atoms with Crippen molar-refractivity contribution in [1.29, 1.82) is 0 Å². The van der Waals surface area contributed by atoms with Crippen LogP contribution in [0.25, 0.3) is 0 Å². The average Bonchev–Trinajstić information content (AvgIpc) is 2.72. The summed E-state index contributed by atoms with van der Waals surface area (Å²) in [5.74, 6) is -0.0751. The minimum atomic E-state index is -0.0751. The molecule has 0 atom stereocenters. The second-order valence-corrected chi connectivity index (χ2v) is 7.64. The van der Waals surface area contributed by atoms with Gasteiger partial charge in [-0.3, -0.25) is 14.7 Å². The van der Waals surface area contributed by atoms with Gasteiger partial charge < -0.3 is 5.32 Å². The summed E-state index contributed by atoms with van der Waals surface area (Å²) < 4.78 is 0. The number of thiol groups is 1. The van der Waals surface area contributed by atoms with Gasteiger partial charge in [0.2, 0.25) is 5.91 Å². The maximum atomic E-state index is 12.2. The topological polar surface area (TPSA) is 45.2 Å². The Hall–Kier alpha value is -2.63. The minimum absolute atomic E-state index is 0.0751. The molecule has 1 heterocycles. The number of amides is 1. The van der Waals surface area contributed by atoms with Gasteiger partial charge in [0.1, 0.15) is 0 Å². The number of carbonyl (C=O) groups is 1. The zero-order valence-corrected chi connectivity index (χ0v) is 17.6. The van der Waals surface area contributed by atoms with Crippen LogP contribution in [-0.2, 0) is 24.3 Å². The van der Waals surface area contributed by atoms with Crippen molar-refractivity contribution in [2.75, 3.05) is 11.9 Å². The number of hydrogen-bond acceptors (Lipinski definition) is 4. The fourth-order valence-corrected chi connectivity index (χ4v) is 3.35. The molecule has 2 aromatic carbocycles. The number of hydrogen-bond donors (Lipinski definition) is 2. The van der Waals surface area contributed by atoms with Gasteiger partial charge in [0.05, 0.1) is 6.42 Å². The van der Waals surface area contributed by atoms with Crippen LogP contribution in [-0.4, -0.2) is 22.3 Å². The number of nitrogens with zero attached hydrogens (tertiary/aromatic N) is 2. The Morgan fingerprint density at radius 1 is 0.966 bits per heavy atom. The predicted molar refractivity (Wildman–Crippen MR) is 121 cm³/mol. The molecule has 0 spiro atoms. The van der Waals surface area contributed by atoms with Crippen LogP contribution < -0.4 is 5.32 Å². The highest BCUT2D eigenvalue weighted by Gasteiger charge is 2.08. The molecule has 0 aliphatic carbocycles. The van der Waals surface area contributed by atoms with E-state index in [0.717, 1.165) is 42.3 Å². The predicted octanol–water partition coefficient (Wildman–Crippen LogP) is 4.96. The molecular weight excluding hydrogens is 378 g/mol. The number of rotatable bonds is 9. The van der Waals surface area contributed by atoms with E-state index in [2.05, 4.69) is 71.2 Å². The van der Waals surface area contributed by atoms with Crippen LogP contribution in [0.2, 0.25) is 0 Å². The molecule has 1 amide bonds. The van der Waals surface area contributed by atoms with Gasteiger partial charge in [0.15, 0.2) is 0 Å². The highest BCUT2D eigenvalue weighted by Crippen LogP contribution is 2.15. The minimum Gasteiger partial charge on any atom is -0.326 e. The van der Waals surface area contributed by atoms with Crippen molar-refractivity contribution in [3.8, 4) is 0 Å². The number of anilines is 1. The maximum absolute atomic E-state index is 12.2. The van der Waals surface area contributed by atoms with Crippen molar-refractivity contribution in [1.82, 2.24) is 9.88 Å². The van der Waals surface area contributed by atoms with E-state index < -0.39 is 0 Å². The number of benzene rings is 2. The highest BCUT2D eigenvalue weighted by atomic mass is 32.1. The van der Waals surface area contributed by atoms with Crippen molar-refractivity contribution >= 4 is 24.2 Å². The van der Waals surface area contributed by atoms with Gasteiger partial charge in [-0.1, -0.05) is 49.4 Å². The molecule has 3 rings (SSSR count). The first-order chi connectivity index (χ1) is 14.1. The Morgan fingerprint density at radius 2 is 1.66 bits per heavy atom. The molecule has 4 nitrogen and oxygen atoms in total. The SMILES string of the molecule is CCCN(Cc1ccccc1)Cc1ccc(NC(=O)Cc2ccc(S)cn2)cc1. The van der Waals surface area contributed by atoms with Crippen LogP contribution >= 0.6 is 12.6 Å². The Balaban J connectivity index is 1.55. The van der Waals surface area contributed by atoms with Crippen LogP contribution in [0, 0.1) is 0 Å². The molecular formula is C24H27N3OS. The maximum Gasteiger partial charge on any atom is 0.230 e. The van der Waals surface area contributed by atoms with Crippen molar-refractivity contribution in [2.24, 2.45) is 0 Å². The molecule has 150 valence electrons. The zero-order chi connectivity index (χ0) is 20.5. The quantitative estimate of drug-likeness (QED) is 0.495. The first-order valence-corrected chi connectivity index (χ1v) is 10.4. The smallest absolute Gasteiger partial charge is 0.230 e. The Bertz CT molecular complexity index is 896. The normalized spacial score (nSPS) is 10.9. The van der Waals surface area contributed by atoms with Crippen LogP contribution in [0.1, 0.15) is 30.2 Å². The molecule has 0 fully saturated rings. The van der Waals surface area contributed by atoms with Gasteiger partial charge in [-0.2, -0.15) is 0 Å². The molecule has 3 aromatic rings. The van der Waals surface area contributed by atoms with E-state index in [-0.39, 0.29) is 12.3 Å². The van der Waals surface area contributed by atoms with Gasteiger partial charge in [-0.15, -0.1) is 12.6 Å². The lowest BCUT2D eigenvalue weighted by Gasteiger charge is -2.22. The Kier molecular flexibility index (Phi) is 7.85. The largest absolute Gasteiger partial charge is 0.326 e. The van der Waals surface area contributed by atoms with Gasteiger partial charge in [-0.25, -0.2) is 0 Å². The molecule has 5 heteroatoms. The molecule has 0 unspecified atom stereocenters.